The highest BCUT2D eigenvalue weighted by molar-refractivity contribution is 6.69. The van der Waals surface area contributed by atoms with E-state index in [0.29, 0.717) is 0 Å². The molecule has 0 aromatic rings. The van der Waals surface area contributed by atoms with Crippen molar-refractivity contribution in [1.29, 1.82) is 0 Å². The molecule has 0 amide bonds. The number of methoxy groups -OCH3 is 1. The first kappa shape index (κ1) is 17.1. The smallest absolute Gasteiger partial charge is 0.183 e. The van der Waals surface area contributed by atoms with Gasteiger partial charge in [-0.2, -0.15) is 0 Å². The number of hydrogen-bond acceptors (Lipinski definition) is 2. The maximum atomic E-state index is 5.94. The molecule has 0 aromatic carbocycles. The fraction of sp³-hybridized carbons (Fsp3) is 1.00. The molecular formula is C14H32O2Si. The van der Waals surface area contributed by atoms with E-state index >= 15 is 0 Å². The average molecular weight is 260 g/mol. The van der Waals surface area contributed by atoms with Gasteiger partial charge in [-0.1, -0.05) is 32.6 Å². The summed E-state index contributed by atoms with van der Waals surface area (Å²) >= 11 is 0. The van der Waals surface area contributed by atoms with Crippen LogP contribution in [0.4, 0.5) is 0 Å². The molecule has 1 unspecified atom stereocenters. The predicted octanol–water partition coefficient (Wildman–Crippen LogP) is 4.46. The Labute approximate surface area is 109 Å². The number of unbranched alkanes of at least 4 members (excludes halogenated alkanes) is 2. The van der Waals surface area contributed by atoms with Crippen LogP contribution in [-0.2, 0) is 9.16 Å². The van der Waals surface area contributed by atoms with Crippen LogP contribution in [0.5, 0.6) is 0 Å². The highest BCUT2D eigenvalue weighted by Gasteiger charge is 2.15. The quantitative estimate of drug-likeness (QED) is 0.403. The zero-order valence-electron chi connectivity index (χ0n) is 12.6. The highest BCUT2D eigenvalue weighted by Crippen LogP contribution is 2.18. The van der Waals surface area contributed by atoms with Crippen molar-refractivity contribution in [3.05, 3.63) is 0 Å². The van der Waals surface area contributed by atoms with Crippen LogP contribution >= 0.6 is 0 Å². The van der Waals surface area contributed by atoms with E-state index in [2.05, 4.69) is 26.6 Å². The number of hydrogen-bond donors (Lipinski definition) is 0. The monoisotopic (exact) mass is 260 g/mol. The van der Waals surface area contributed by atoms with Gasteiger partial charge in [0.1, 0.15) is 0 Å². The third-order valence-corrected chi connectivity index (χ3v) is 4.08. The van der Waals surface area contributed by atoms with Gasteiger partial charge in [-0.3, -0.25) is 0 Å². The molecule has 3 heteroatoms. The van der Waals surface area contributed by atoms with E-state index in [4.69, 9.17) is 9.16 Å². The minimum Gasteiger partial charge on any atom is -0.418 e. The van der Waals surface area contributed by atoms with E-state index in [-0.39, 0.29) is 0 Å². The van der Waals surface area contributed by atoms with Crippen LogP contribution in [0.15, 0.2) is 0 Å². The van der Waals surface area contributed by atoms with E-state index in [0.717, 1.165) is 19.1 Å². The van der Waals surface area contributed by atoms with Gasteiger partial charge in [0.15, 0.2) is 8.32 Å². The maximum absolute atomic E-state index is 5.94. The number of rotatable bonds is 11. The van der Waals surface area contributed by atoms with Gasteiger partial charge in [-0.15, -0.1) is 0 Å². The summed E-state index contributed by atoms with van der Waals surface area (Å²) in [6.07, 6.45) is 7.76. The molecule has 0 saturated heterocycles. The summed E-state index contributed by atoms with van der Waals surface area (Å²) in [7, 11) is 0.469. The van der Waals surface area contributed by atoms with E-state index in [1.165, 1.54) is 38.5 Å². The molecule has 17 heavy (non-hydrogen) atoms. The summed E-state index contributed by atoms with van der Waals surface area (Å²) in [6.45, 7) is 10.9. The molecule has 0 N–H and O–H groups in total. The zero-order valence-corrected chi connectivity index (χ0v) is 13.6. The third kappa shape index (κ3) is 12.4. The average Bonchev–Trinajstić information content (AvgIpc) is 2.23. The van der Waals surface area contributed by atoms with Crippen molar-refractivity contribution >= 4 is 8.32 Å². The lowest BCUT2D eigenvalue weighted by Gasteiger charge is -2.21. The Morgan fingerprint density at radius 2 is 1.59 bits per heavy atom. The lowest BCUT2D eigenvalue weighted by atomic mass is 9.95. The highest BCUT2D eigenvalue weighted by atomic mass is 28.4. The molecule has 2 nitrogen and oxygen atoms in total. The van der Waals surface area contributed by atoms with Gasteiger partial charge < -0.3 is 9.16 Å². The van der Waals surface area contributed by atoms with Gasteiger partial charge in [0.25, 0.3) is 0 Å². The Kier molecular flexibility index (Phi) is 10.2. The molecule has 0 spiro atoms. The Balaban J connectivity index is 3.75. The van der Waals surface area contributed by atoms with Crippen molar-refractivity contribution in [3.8, 4) is 0 Å². The SMILES string of the molecule is CCCCCC(CCOC)CCO[Si](C)(C)C. The second-order valence-electron chi connectivity index (χ2n) is 5.89. The Hall–Kier alpha value is 0.137. The molecule has 0 rings (SSSR count). The van der Waals surface area contributed by atoms with E-state index < -0.39 is 8.32 Å². The topological polar surface area (TPSA) is 18.5 Å². The first-order valence-electron chi connectivity index (χ1n) is 7.12. The first-order chi connectivity index (χ1) is 7.99. The zero-order chi connectivity index (χ0) is 13.1. The van der Waals surface area contributed by atoms with Gasteiger partial charge in [0.05, 0.1) is 0 Å². The standard InChI is InChI=1S/C14H32O2Si/c1-6-7-8-9-14(10-12-15-2)11-13-16-17(3,4)5/h14H,6-13H2,1-5H3. The lowest BCUT2D eigenvalue weighted by Crippen LogP contribution is -2.26. The summed E-state index contributed by atoms with van der Waals surface area (Å²) in [5, 5.41) is 0. The second kappa shape index (κ2) is 10.1. The molecule has 0 saturated carbocycles. The lowest BCUT2D eigenvalue weighted by molar-refractivity contribution is 0.163. The van der Waals surface area contributed by atoms with Crippen LogP contribution in [0.1, 0.15) is 45.4 Å². The van der Waals surface area contributed by atoms with E-state index in [1.54, 1.807) is 7.11 Å². The van der Waals surface area contributed by atoms with E-state index in [9.17, 15) is 0 Å². The summed E-state index contributed by atoms with van der Waals surface area (Å²) in [4.78, 5) is 0. The summed E-state index contributed by atoms with van der Waals surface area (Å²) in [5.74, 6) is 0.790. The fourth-order valence-corrected chi connectivity index (χ4v) is 2.66. The molecule has 1 atom stereocenters. The first-order valence-corrected chi connectivity index (χ1v) is 10.5. The normalized spacial score (nSPS) is 13.9. The minimum absolute atomic E-state index is 0.790. The van der Waals surface area contributed by atoms with Crippen molar-refractivity contribution in [1.82, 2.24) is 0 Å². The molecule has 0 aliphatic carbocycles. The molecule has 0 bridgehead atoms. The molecule has 0 aliphatic heterocycles. The fourth-order valence-electron chi connectivity index (χ4n) is 1.93. The summed E-state index contributed by atoms with van der Waals surface area (Å²) in [6, 6.07) is 0. The van der Waals surface area contributed by atoms with Crippen LogP contribution < -0.4 is 0 Å². The molecule has 104 valence electrons. The van der Waals surface area contributed by atoms with Gasteiger partial charge in [-0.25, -0.2) is 0 Å². The third-order valence-electron chi connectivity index (χ3n) is 3.01. The summed E-state index contributed by atoms with van der Waals surface area (Å²) < 4.78 is 11.1. The largest absolute Gasteiger partial charge is 0.418 e. The van der Waals surface area contributed by atoms with Crippen molar-refractivity contribution in [2.75, 3.05) is 20.3 Å². The van der Waals surface area contributed by atoms with Gasteiger partial charge >= 0.3 is 0 Å². The van der Waals surface area contributed by atoms with Crippen molar-refractivity contribution in [3.63, 3.8) is 0 Å². The van der Waals surface area contributed by atoms with Crippen molar-refractivity contribution in [2.45, 2.75) is 65.1 Å². The van der Waals surface area contributed by atoms with Crippen molar-refractivity contribution in [2.24, 2.45) is 5.92 Å². The Bertz CT molecular complexity index is 166. The molecule has 0 aliphatic rings. The molecular weight excluding hydrogens is 228 g/mol. The maximum Gasteiger partial charge on any atom is 0.183 e. The van der Waals surface area contributed by atoms with Crippen LogP contribution in [0.2, 0.25) is 19.6 Å². The molecule has 0 heterocycles. The van der Waals surface area contributed by atoms with Crippen LogP contribution in [0.25, 0.3) is 0 Å². The van der Waals surface area contributed by atoms with Gasteiger partial charge in [0.2, 0.25) is 0 Å². The molecule has 0 fully saturated rings. The van der Waals surface area contributed by atoms with Gasteiger partial charge in [0, 0.05) is 20.3 Å². The van der Waals surface area contributed by atoms with Crippen LogP contribution in [0.3, 0.4) is 0 Å². The Morgan fingerprint density at radius 3 is 2.12 bits per heavy atom. The van der Waals surface area contributed by atoms with Crippen LogP contribution in [0, 0.1) is 5.92 Å². The number of ether oxygens (including phenoxy) is 1. The second-order valence-corrected chi connectivity index (χ2v) is 10.4. The Morgan fingerprint density at radius 1 is 0.941 bits per heavy atom. The predicted molar refractivity (Wildman–Crippen MR) is 78.0 cm³/mol. The van der Waals surface area contributed by atoms with Crippen molar-refractivity contribution < 1.29 is 9.16 Å². The summed E-state index contributed by atoms with van der Waals surface area (Å²) in [5.41, 5.74) is 0. The minimum atomic E-state index is -1.32. The van der Waals surface area contributed by atoms with E-state index in [1.807, 2.05) is 0 Å². The van der Waals surface area contributed by atoms with Crippen LogP contribution in [-0.4, -0.2) is 28.6 Å². The molecule has 0 aromatic heterocycles. The van der Waals surface area contributed by atoms with Gasteiger partial charge in [-0.05, 0) is 38.4 Å². The molecule has 0 radical (unpaired) electrons.